The van der Waals surface area contributed by atoms with E-state index in [0.717, 1.165) is 22.8 Å². The van der Waals surface area contributed by atoms with E-state index in [1.165, 1.54) is 17.1 Å². The standard InChI is InChI=1S/C13H14N4OS/c1-14-13-10(15-16-19-13)8-17-11-5-3-2-4-9(11)6-7-12(17)18/h2-5,14H,6-8H2,1H3. The molecule has 0 aliphatic carbocycles. The number of amides is 1. The number of fused-ring (bicyclic) bond motifs is 1. The van der Waals surface area contributed by atoms with Crippen LogP contribution in [-0.4, -0.2) is 22.5 Å². The first-order valence-corrected chi connectivity index (χ1v) is 6.94. The first-order valence-electron chi connectivity index (χ1n) is 6.17. The molecule has 19 heavy (non-hydrogen) atoms. The maximum Gasteiger partial charge on any atom is 0.227 e. The second kappa shape index (κ2) is 4.97. The van der Waals surface area contributed by atoms with Gasteiger partial charge in [0.05, 0.1) is 6.54 Å². The number of hydrogen-bond acceptors (Lipinski definition) is 5. The van der Waals surface area contributed by atoms with Gasteiger partial charge in [-0.2, -0.15) is 0 Å². The molecule has 0 saturated carbocycles. The minimum atomic E-state index is 0.147. The number of hydrogen-bond donors (Lipinski definition) is 1. The number of anilines is 2. The van der Waals surface area contributed by atoms with Gasteiger partial charge in [-0.15, -0.1) is 5.10 Å². The molecule has 98 valence electrons. The van der Waals surface area contributed by atoms with Crippen molar-refractivity contribution in [2.45, 2.75) is 19.4 Å². The molecule has 5 nitrogen and oxygen atoms in total. The molecule has 0 bridgehead atoms. The van der Waals surface area contributed by atoms with Crippen molar-refractivity contribution in [3.8, 4) is 0 Å². The van der Waals surface area contributed by atoms with Crippen LogP contribution in [0, 0.1) is 0 Å². The second-order valence-electron chi connectivity index (χ2n) is 4.41. The van der Waals surface area contributed by atoms with Crippen LogP contribution in [-0.2, 0) is 17.8 Å². The summed E-state index contributed by atoms with van der Waals surface area (Å²) in [6.45, 7) is 0.475. The highest BCUT2D eigenvalue weighted by Gasteiger charge is 2.25. The fourth-order valence-corrected chi connectivity index (χ4v) is 2.84. The smallest absolute Gasteiger partial charge is 0.227 e. The summed E-state index contributed by atoms with van der Waals surface area (Å²) in [7, 11) is 1.84. The zero-order chi connectivity index (χ0) is 13.2. The first kappa shape index (κ1) is 12.1. The van der Waals surface area contributed by atoms with Crippen molar-refractivity contribution >= 4 is 28.1 Å². The average molecular weight is 274 g/mol. The number of carbonyl (C=O) groups excluding carboxylic acids is 1. The van der Waals surface area contributed by atoms with Crippen molar-refractivity contribution in [2.24, 2.45) is 0 Å². The van der Waals surface area contributed by atoms with Gasteiger partial charge in [0.25, 0.3) is 0 Å². The summed E-state index contributed by atoms with van der Waals surface area (Å²) in [6, 6.07) is 8.04. The topological polar surface area (TPSA) is 58.1 Å². The fourth-order valence-electron chi connectivity index (χ4n) is 2.32. The summed E-state index contributed by atoms with van der Waals surface area (Å²) in [5, 5.41) is 8.07. The Morgan fingerprint density at radius 2 is 2.21 bits per heavy atom. The number of benzene rings is 1. The molecule has 1 aromatic heterocycles. The zero-order valence-electron chi connectivity index (χ0n) is 10.6. The van der Waals surface area contributed by atoms with E-state index in [-0.39, 0.29) is 5.91 Å². The molecule has 0 radical (unpaired) electrons. The minimum absolute atomic E-state index is 0.147. The lowest BCUT2D eigenvalue weighted by molar-refractivity contribution is -0.119. The van der Waals surface area contributed by atoms with Crippen LogP contribution >= 0.6 is 11.5 Å². The number of aryl methyl sites for hydroxylation is 1. The van der Waals surface area contributed by atoms with Crippen LogP contribution in [0.5, 0.6) is 0 Å². The predicted molar refractivity (Wildman–Crippen MR) is 75.4 cm³/mol. The summed E-state index contributed by atoms with van der Waals surface area (Å²) < 4.78 is 3.93. The lowest BCUT2D eigenvalue weighted by atomic mass is 10.0. The van der Waals surface area contributed by atoms with Crippen molar-refractivity contribution in [2.75, 3.05) is 17.3 Å². The lowest BCUT2D eigenvalue weighted by Crippen LogP contribution is -2.34. The van der Waals surface area contributed by atoms with Gasteiger partial charge < -0.3 is 10.2 Å². The van der Waals surface area contributed by atoms with Gasteiger partial charge in [-0.25, -0.2) is 0 Å². The van der Waals surface area contributed by atoms with Crippen LogP contribution in [0.1, 0.15) is 17.7 Å². The van der Waals surface area contributed by atoms with Gasteiger partial charge in [-0.1, -0.05) is 22.7 Å². The van der Waals surface area contributed by atoms with Crippen LogP contribution in [0.15, 0.2) is 24.3 Å². The number of carbonyl (C=O) groups is 1. The predicted octanol–water partition coefficient (Wildman–Crippen LogP) is 2.06. The molecule has 1 aromatic carbocycles. The number of rotatable bonds is 3. The lowest BCUT2D eigenvalue weighted by Gasteiger charge is -2.28. The number of nitrogens with one attached hydrogen (secondary N) is 1. The summed E-state index contributed by atoms with van der Waals surface area (Å²) in [6.07, 6.45) is 1.38. The molecule has 1 aliphatic rings. The van der Waals surface area contributed by atoms with Crippen molar-refractivity contribution in [1.82, 2.24) is 9.59 Å². The summed E-state index contributed by atoms with van der Waals surface area (Å²) in [4.78, 5) is 13.9. The van der Waals surface area contributed by atoms with E-state index in [1.807, 2.05) is 25.2 Å². The number of para-hydroxylation sites is 1. The first-order chi connectivity index (χ1) is 9.29. The number of aromatic nitrogens is 2. The molecule has 1 amide bonds. The molecule has 0 fully saturated rings. The maximum atomic E-state index is 12.1. The molecule has 0 saturated heterocycles. The normalized spacial score (nSPS) is 14.4. The second-order valence-corrected chi connectivity index (χ2v) is 5.16. The highest BCUT2D eigenvalue weighted by molar-refractivity contribution is 7.10. The van der Waals surface area contributed by atoms with Crippen LogP contribution in [0.4, 0.5) is 10.7 Å². The van der Waals surface area contributed by atoms with Crippen molar-refractivity contribution in [3.63, 3.8) is 0 Å². The van der Waals surface area contributed by atoms with Crippen molar-refractivity contribution < 1.29 is 4.79 Å². The van der Waals surface area contributed by atoms with E-state index < -0.39 is 0 Å². The van der Waals surface area contributed by atoms with Crippen molar-refractivity contribution in [1.29, 1.82) is 0 Å². The highest BCUT2D eigenvalue weighted by atomic mass is 32.1. The Labute approximate surface area is 115 Å². The van der Waals surface area contributed by atoms with Crippen molar-refractivity contribution in [3.05, 3.63) is 35.5 Å². The Hall–Kier alpha value is -1.95. The van der Waals surface area contributed by atoms with E-state index in [9.17, 15) is 4.79 Å². The van der Waals surface area contributed by atoms with Gasteiger partial charge in [0, 0.05) is 30.7 Å². The maximum absolute atomic E-state index is 12.1. The van der Waals surface area contributed by atoms with Gasteiger partial charge in [0.1, 0.15) is 10.7 Å². The van der Waals surface area contributed by atoms with Gasteiger partial charge in [0.2, 0.25) is 5.91 Å². The van der Waals surface area contributed by atoms with Crippen LogP contribution in [0.3, 0.4) is 0 Å². The molecular formula is C13H14N4OS. The Kier molecular flexibility index (Phi) is 3.16. The molecule has 6 heteroatoms. The Morgan fingerprint density at radius 3 is 3.05 bits per heavy atom. The molecule has 2 aromatic rings. The minimum Gasteiger partial charge on any atom is -0.377 e. The van der Waals surface area contributed by atoms with Crippen LogP contribution in [0.25, 0.3) is 0 Å². The van der Waals surface area contributed by atoms with Crippen LogP contribution < -0.4 is 10.2 Å². The number of nitrogens with zero attached hydrogens (tertiary/aromatic N) is 3. The third-order valence-electron chi connectivity index (χ3n) is 3.28. The van der Waals surface area contributed by atoms with E-state index in [2.05, 4.69) is 21.0 Å². The summed E-state index contributed by atoms with van der Waals surface area (Å²) >= 11 is 1.31. The quantitative estimate of drug-likeness (QED) is 0.930. The van der Waals surface area contributed by atoms with E-state index in [1.54, 1.807) is 4.90 Å². The molecule has 3 rings (SSSR count). The summed E-state index contributed by atoms with van der Waals surface area (Å²) in [5.41, 5.74) is 3.03. The monoisotopic (exact) mass is 274 g/mol. The van der Waals surface area contributed by atoms with E-state index in [4.69, 9.17) is 0 Å². The molecule has 2 heterocycles. The Morgan fingerprint density at radius 1 is 1.37 bits per heavy atom. The Bertz CT molecular complexity index is 610. The Balaban J connectivity index is 1.94. The SMILES string of the molecule is CNc1snnc1CN1C(=O)CCc2ccccc21. The van der Waals surface area contributed by atoms with Gasteiger partial charge in [-0.05, 0) is 18.1 Å². The largest absolute Gasteiger partial charge is 0.377 e. The van der Waals surface area contributed by atoms with Gasteiger partial charge in [0.15, 0.2) is 0 Å². The third-order valence-corrected chi connectivity index (χ3v) is 4.07. The third kappa shape index (κ3) is 2.19. The van der Waals surface area contributed by atoms with E-state index >= 15 is 0 Å². The molecule has 0 atom stereocenters. The zero-order valence-corrected chi connectivity index (χ0v) is 11.4. The molecule has 0 spiro atoms. The fraction of sp³-hybridized carbons (Fsp3) is 0.308. The summed E-state index contributed by atoms with van der Waals surface area (Å²) in [5.74, 6) is 0.147. The molecule has 1 aliphatic heterocycles. The van der Waals surface area contributed by atoms with Gasteiger partial charge in [-0.3, -0.25) is 4.79 Å². The van der Waals surface area contributed by atoms with Gasteiger partial charge >= 0.3 is 0 Å². The van der Waals surface area contributed by atoms with Crippen LogP contribution in [0.2, 0.25) is 0 Å². The molecule has 1 N–H and O–H groups in total. The average Bonchev–Trinajstić information content (AvgIpc) is 2.89. The molecular weight excluding hydrogens is 260 g/mol. The molecule has 0 unspecified atom stereocenters. The van der Waals surface area contributed by atoms with E-state index in [0.29, 0.717) is 13.0 Å². The highest BCUT2D eigenvalue weighted by Crippen LogP contribution is 2.30.